The van der Waals surface area contributed by atoms with Gasteiger partial charge in [-0.1, -0.05) is 0 Å². The van der Waals surface area contributed by atoms with Gasteiger partial charge in [0, 0.05) is 36.5 Å². The molecule has 0 radical (unpaired) electrons. The molecule has 4 aromatic rings. The summed E-state index contributed by atoms with van der Waals surface area (Å²) in [6.07, 6.45) is 3.26. The first kappa shape index (κ1) is 21.2. The molecule has 31 heavy (non-hydrogen) atoms. The number of hydrogen-bond donors (Lipinski definition) is 1. The van der Waals surface area contributed by atoms with Crippen molar-refractivity contribution in [1.29, 1.82) is 0 Å². The van der Waals surface area contributed by atoms with Gasteiger partial charge in [-0.25, -0.2) is 19.7 Å². The summed E-state index contributed by atoms with van der Waals surface area (Å²) in [5.74, 6) is 0.350. The fourth-order valence-corrected chi connectivity index (χ4v) is 5.32. The van der Waals surface area contributed by atoms with Crippen molar-refractivity contribution in [3.8, 4) is 0 Å². The van der Waals surface area contributed by atoms with Gasteiger partial charge in [-0.3, -0.25) is 18.7 Å². The van der Waals surface area contributed by atoms with Crippen molar-refractivity contribution < 1.29 is 4.79 Å². The smallest absolute Gasteiger partial charge is 0.325 e. The van der Waals surface area contributed by atoms with Crippen molar-refractivity contribution in [2.45, 2.75) is 25.3 Å². The van der Waals surface area contributed by atoms with Crippen LogP contribution in [0.4, 0.5) is 5.69 Å². The minimum atomic E-state index is -0.452. The number of aromatic nitrogens is 5. The lowest BCUT2D eigenvalue weighted by molar-refractivity contribution is -0.115. The molecule has 4 aromatic heterocycles. The molecule has 1 N–H and O–H groups in total. The van der Waals surface area contributed by atoms with E-state index in [2.05, 4.69) is 34.1 Å². The van der Waals surface area contributed by atoms with Crippen LogP contribution in [-0.4, -0.2) is 35.7 Å². The second-order valence-corrected chi connectivity index (χ2v) is 9.38. The van der Waals surface area contributed by atoms with Gasteiger partial charge < -0.3 is 5.32 Å². The van der Waals surface area contributed by atoms with Crippen LogP contribution in [0.3, 0.4) is 0 Å². The molecule has 0 saturated heterocycles. The van der Waals surface area contributed by atoms with E-state index in [9.17, 15) is 14.4 Å². The molecule has 0 spiro atoms. The monoisotopic (exact) mass is 456 g/mol. The number of nitrogens with one attached hydrogen (secondary N) is 1. The van der Waals surface area contributed by atoms with Crippen LogP contribution in [0, 0.1) is 13.8 Å². The zero-order chi connectivity index (χ0) is 22.3. The molecule has 0 unspecified atom stereocenters. The number of nitrogens with zero attached hydrogens (tertiary/aromatic N) is 5. The van der Waals surface area contributed by atoms with Gasteiger partial charge >= 0.3 is 5.69 Å². The van der Waals surface area contributed by atoms with E-state index in [1.54, 1.807) is 30.8 Å². The Labute approximate surface area is 185 Å². The molecule has 4 rings (SSSR count). The van der Waals surface area contributed by atoms with Crippen LogP contribution in [0.1, 0.15) is 16.9 Å². The van der Waals surface area contributed by atoms with Crippen molar-refractivity contribution >= 4 is 55.9 Å². The average molecular weight is 457 g/mol. The summed E-state index contributed by atoms with van der Waals surface area (Å²) < 4.78 is 2.32. The zero-order valence-corrected chi connectivity index (χ0v) is 19.1. The fourth-order valence-electron chi connectivity index (χ4n) is 3.26. The number of aryl methyl sites for hydroxylation is 3. The van der Waals surface area contributed by atoms with Crippen LogP contribution in [-0.2, 0) is 18.9 Å². The maximum absolute atomic E-state index is 12.4. The highest BCUT2D eigenvalue weighted by Crippen LogP contribution is 2.34. The van der Waals surface area contributed by atoms with Gasteiger partial charge in [-0.05, 0) is 25.5 Å². The number of anilines is 1. The Bertz CT molecular complexity index is 1450. The number of carbonyl (C=O) groups excluding carboxylic acids is 1. The van der Waals surface area contributed by atoms with E-state index in [4.69, 9.17) is 0 Å². The van der Waals surface area contributed by atoms with Gasteiger partial charge in [0.25, 0.3) is 5.56 Å². The van der Waals surface area contributed by atoms with Crippen LogP contribution in [0.5, 0.6) is 0 Å². The molecule has 0 saturated carbocycles. The topological polar surface area (TPSA) is 112 Å². The maximum atomic E-state index is 12.4. The van der Waals surface area contributed by atoms with Crippen molar-refractivity contribution in [3.05, 3.63) is 49.9 Å². The molecule has 9 nitrogen and oxygen atoms in total. The van der Waals surface area contributed by atoms with Crippen molar-refractivity contribution in [2.75, 3.05) is 11.1 Å². The maximum Gasteiger partial charge on any atom is 0.332 e. The number of carbonyl (C=O) groups is 1. The average Bonchev–Trinajstić information content (AvgIpc) is 3.05. The van der Waals surface area contributed by atoms with Crippen LogP contribution < -0.4 is 16.6 Å². The summed E-state index contributed by atoms with van der Waals surface area (Å²) >= 11 is 3.15. The third-order valence-corrected chi connectivity index (χ3v) is 7.18. The summed E-state index contributed by atoms with van der Waals surface area (Å²) in [4.78, 5) is 51.9. The number of thiophene rings is 1. The molecule has 160 valence electrons. The molecule has 1 amide bonds. The first-order chi connectivity index (χ1) is 14.8. The van der Waals surface area contributed by atoms with E-state index in [0.717, 1.165) is 19.8 Å². The predicted molar refractivity (Wildman–Crippen MR) is 123 cm³/mol. The van der Waals surface area contributed by atoms with E-state index in [1.165, 1.54) is 40.0 Å². The Morgan fingerprint density at radius 2 is 1.94 bits per heavy atom. The normalized spacial score (nSPS) is 11.4. The summed E-state index contributed by atoms with van der Waals surface area (Å²) in [5, 5.41) is 4.96. The molecule has 0 aliphatic carbocycles. The lowest BCUT2D eigenvalue weighted by Crippen LogP contribution is -2.37. The summed E-state index contributed by atoms with van der Waals surface area (Å²) in [6, 6.07) is 1.54. The van der Waals surface area contributed by atoms with Gasteiger partial charge in [-0.15, -0.1) is 23.1 Å². The molecule has 0 fully saturated rings. The molecular formula is C20H20N6O3S2. The van der Waals surface area contributed by atoms with Crippen molar-refractivity contribution in [2.24, 2.45) is 14.1 Å². The number of pyridine rings is 1. The Morgan fingerprint density at radius 1 is 1.16 bits per heavy atom. The van der Waals surface area contributed by atoms with Gasteiger partial charge in [0.15, 0.2) is 0 Å². The highest BCUT2D eigenvalue weighted by atomic mass is 32.2. The number of amides is 1. The first-order valence-electron chi connectivity index (χ1n) is 9.47. The Morgan fingerprint density at radius 3 is 2.71 bits per heavy atom. The van der Waals surface area contributed by atoms with E-state index in [0.29, 0.717) is 11.4 Å². The van der Waals surface area contributed by atoms with E-state index < -0.39 is 11.2 Å². The number of rotatable bonds is 5. The van der Waals surface area contributed by atoms with Gasteiger partial charge in [0.1, 0.15) is 21.8 Å². The lowest BCUT2D eigenvalue weighted by atomic mass is 10.2. The van der Waals surface area contributed by atoms with Gasteiger partial charge in [-0.2, -0.15) is 0 Å². The van der Waals surface area contributed by atoms with Gasteiger partial charge in [0.05, 0.1) is 17.3 Å². The minimum Gasteiger partial charge on any atom is -0.325 e. The third kappa shape index (κ3) is 3.86. The molecular weight excluding hydrogens is 436 g/mol. The fraction of sp³-hybridized carbons (Fsp3) is 0.300. The highest BCUT2D eigenvalue weighted by molar-refractivity contribution is 7.99. The highest BCUT2D eigenvalue weighted by Gasteiger charge is 2.14. The summed E-state index contributed by atoms with van der Waals surface area (Å²) in [5.41, 5.74) is 0.953. The molecule has 0 aromatic carbocycles. The number of hydrogen-bond acceptors (Lipinski definition) is 8. The molecule has 0 aliphatic rings. The van der Waals surface area contributed by atoms with Crippen LogP contribution in [0.25, 0.3) is 21.3 Å². The quantitative estimate of drug-likeness (QED) is 0.362. The number of fused-ring (bicyclic) bond motifs is 2. The largest absolute Gasteiger partial charge is 0.332 e. The minimum absolute atomic E-state index is 0.196. The Hall–Kier alpha value is -3.05. The van der Waals surface area contributed by atoms with Crippen molar-refractivity contribution in [1.82, 2.24) is 24.1 Å². The Kier molecular flexibility index (Phi) is 5.63. The zero-order valence-electron chi connectivity index (χ0n) is 17.4. The van der Waals surface area contributed by atoms with E-state index in [-0.39, 0.29) is 23.4 Å². The molecule has 0 atom stereocenters. The summed E-state index contributed by atoms with van der Waals surface area (Å²) in [6.45, 7) is 4.12. The van der Waals surface area contributed by atoms with E-state index >= 15 is 0 Å². The van der Waals surface area contributed by atoms with Crippen LogP contribution >= 0.6 is 23.1 Å². The van der Waals surface area contributed by atoms with Crippen LogP contribution in [0.2, 0.25) is 0 Å². The standard InChI is InChI=1S/C20H20N6O3S2/c1-10-11(2)31-18-15(10)17(22-9-23-18)30-6-5-14(27)24-12-7-13-16(21-8-12)25(3)20(29)26(4)19(13)28/h7-9H,5-6H2,1-4H3,(H,24,27). The predicted octanol–water partition coefficient (Wildman–Crippen LogP) is 2.37. The SMILES string of the molecule is Cc1sc2ncnc(SCCC(=O)Nc3cnc4c(c3)c(=O)n(C)c(=O)n4C)c2c1C. The Balaban J connectivity index is 1.47. The molecule has 0 aliphatic heterocycles. The molecule has 0 bridgehead atoms. The second-order valence-electron chi connectivity index (χ2n) is 7.09. The number of thioether (sulfide) groups is 1. The van der Waals surface area contributed by atoms with Crippen LogP contribution in [0.15, 0.2) is 33.2 Å². The first-order valence-corrected chi connectivity index (χ1v) is 11.3. The molecule has 11 heteroatoms. The van der Waals surface area contributed by atoms with E-state index in [1.807, 2.05) is 0 Å². The summed E-state index contributed by atoms with van der Waals surface area (Å²) in [7, 11) is 2.96. The van der Waals surface area contributed by atoms with Crippen molar-refractivity contribution in [3.63, 3.8) is 0 Å². The second kappa shape index (κ2) is 8.23. The molecule has 4 heterocycles. The van der Waals surface area contributed by atoms with Gasteiger partial charge in [0.2, 0.25) is 5.91 Å². The third-order valence-electron chi connectivity index (χ3n) is 5.08. The lowest BCUT2D eigenvalue weighted by Gasteiger charge is -2.09.